The van der Waals surface area contributed by atoms with Crippen molar-refractivity contribution >= 4 is 11.6 Å². The van der Waals surface area contributed by atoms with Crippen LogP contribution in [0.25, 0.3) is 0 Å². The average Bonchev–Trinajstić information content (AvgIpc) is 2.98. The fraction of sp³-hybridized carbons (Fsp3) is 0.333. The molecule has 0 saturated heterocycles. The third kappa shape index (κ3) is 1.77. The highest BCUT2D eigenvalue weighted by Gasteiger charge is 2.46. The summed E-state index contributed by atoms with van der Waals surface area (Å²) in [5.41, 5.74) is 6.96. The van der Waals surface area contributed by atoms with E-state index in [1.807, 2.05) is 19.1 Å². The van der Waals surface area contributed by atoms with Crippen molar-refractivity contribution in [3.63, 3.8) is 0 Å². The third-order valence-electron chi connectivity index (χ3n) is 2.87. The summed E-state index contributed by atoms with van der Waals surface area (Å²) in [7, 11) is 0. The minimum atomic E-state index is -0.712. The maximum Gasteiger partial charge on any atom is 0.244 e. The Morgan fingerprint density at radius 1 is 1.56 bits per heavy atom. The molecule has 0 bridgehead atoms. The molecule has 0 aliphatic heterocycles. The second-order valence-corrected chi connectivity index (χ2v) is 4.22. The Morgan fingerprint density at radius 2 is 2.25 bits per heavy atom. The molecule has 1 aliphatic carbocycles. The summed E-state index contributed by atoms with van der Waals surface area (Å²) in [5, 5.41) is 11.7. The van der Waals surface area contributed by atoms with Crippen LogP contribution in [0.5, 0.6) is 0 Å². The molecule has 1 aliphatic rings. The number of anilines is 1. The molecule has 0 radical (unpaired) electrons. The third-order valence-corrected chi connectivity index (χ3v) is 2.87. The molecule has 1 saturated carbocycles. The van der Waals surface area contributed by atoms with Crippen LogP contribution in [0.4, 0.5) is 5.69 Å². The molecule has 0 spiro atoms. The maximum atomic E-state index is 11.7. The van der Waals surface area contributed by atoms with Crippen LogP contribution in [0.2, 0.25) is 0 Å². The molecular weight excluding hydrogens is 202 g/mol. The number of nitrogens with two attached hydrogens (primary N) is 1. The van der Waals surface area contributed by atoms with E-state index in [2.05, 4.69) is 11.4 Å². The summed E-state index contributed by atoms with van der Waals surface area (Å²) >= 11 is 0. The van der Waals surface area contributed by atoms with Crippen molar-refractivity contribution in [3.05, 3.63) is 29.3 Å². The number of amides is 1. The first-order valence-corrected chi connectivity index (χ1v) is 5.17. The monoisotopic (exact) mass is 215 g/mol. The SMILES string of the molecule is Cc1cccc(NC(=O)C2(N)CC2)c1C#N. The van der Waals surface area contributed by atoms with Gasteiger partial charge in [-0.15, -0.1) is 0 Å². The zero-order valence-electron chi connectivity index (χ0n) is 9.08. The molecule has 0 aromatic heterocycles. The summed E-state index contributed by atoms with van der Waals surface area (Å²) in [4.78, 5) is 11.7. The first-order valence-electron chi connectivity index (χ1n) is 5.17. The fourth-order valence-electron chi connectivity index (χ4n) is 1.53. The van der Waals surface area contributed by atoms with Crippen LogP contribution >= 0.6 is 0 Å². The first kappa shape index (κ1) is 10.7. The Bertz CT molecular complexity index is 484. The molecule has 2 rings (SSSR count). The molecule has 0 unspecified atom stereocenters. The summed E-state index contributed by atoms with van der Waals surface area (Å²) in [6, 6.07) is 7.45. The molecule has 0 atom stereocenters. The number of hydrogen-bond acceptors (Lipinski definition) is 3. The predicted molar refractivity (Wildman–Crippen MR) is 60.7 cm³/mol. The quantitative estimate of drug-likeness (QED) is 0.780. The van der Waals surface area contributed by atoms with Crippen LogP contribution in [0, 0.1) is 18.3 Å². The number of carbonyl (C=O) groups is 1. The molecule has 0 heterocycles. The van der Waals surface area contributed by atoms with E-state index in [4.69, 9.17) is 11.0 Å². The highest BCUT2D eigenvalue weighted by Crippen LogP contribution is 2.33. The molecule has 1 fully saturated rings. The van der Waals surface area contributed by atoms with E-state index in [-0.39, 0.29) is 5.91 Å². The maximum absolute atomic E-state index is 11.7. The lowest BCUT2D eigenvalue weighted by atomic mass is 10.1. The van der Waals surface area contributed by atoms with Crippen molar-refractivity contribution < 1.29 is 4.79 Å². The Labute approximate surface area is 94.1 Å². The van der Waals surface area contributed by atoms with Gasteiger partial charge in [0.2, 0.25) is 5.91 Å². The molecular formula is C12H13N3O. The van der Waals surface area contributed by atoms with Gasteiger partial charge >= 0.3 is 0 Å². The molecule has 1 aromatic rings. The van der Waals surface area contributed by atoms with E-state index in [1.54, 1.807) is 6.07 Å². The number of carbonyl (C=O) groups excluding carboxylic acids is 1. The van der Waals surface area contributed by atoms with Gasteiger partial charge in [0.05, 0.1) is 16.8 Å². The van der Waals surface area contributed by atoms with Gasteiger partial charge in [0.1, 0.15) is 6.07 Å². The fourth-order valence-corrected chi connectivity index (χ4v) is 1.53. The lowest BCUT2D eigenvalue weighted by molar-refractivity contribution is -0.118. The average molecular weight is 215 g/mol. The van der Waals surface area contributed by atoms with E-state index in [9.17, 15) is 4.79 Å². The highest BCUT2D eigenvalue weighted by atomic mass is 16.2. The van der Waals surface area contributed by atoms with Gasteiger partial charge in [0, 0.05) is 0 Å². The van der Waals surface area contributed by atoms with E-state index in [0.717, 1.165) is 5.56 Å². The Morgan fingerprint density at radius 3 is 2.81 bits per heavy atom. The minimum Gasteiger partial charge on any atom is -0.323 e. The second-order valence-electron chi connectivity index (χ2n) is 4.22. The normalized spacial score (nSPS) is 16.3. The molecule has 82 valence electrons. The Balaban J connectivity index is 2.25. The number of rotatable bonds is 2. The van der Waals surface area contributed by atoms with E-state index in [1.165, 1.54) is 0 Å². The van der Waals surface area contributed by atoms with Gasteiger partial charge in [-0.25, -0.2) is 0 Å². The lowest BCUT2D eigenvalue weighted by Crippen LogP contribution is -2.38. The topological polar surface area (TPSA) is 78.9 Å². The number of aryl methyl sites for hydroxylation is 1. The molecule has 4 heteroatoms. The van der Waals surface area contributed by atoms with Crippen molar-refractivity contribution in [3.8, 4) is 6.07 Å². The van der Waals surface area contributed by atoms with Crippen molar-refractivity contribution in [1.29, 1.82) is 5.26 Å². The number of nitrogens with zero attached hydrogens (tertiary/aromatic N) is 1. The standard InChI is InChI=1S/C12H13N3O/c1-8-3-2-4-10(9(8)7-13)15-11(16)12(14)5-6-12/h2-4H,5-6,14H2,1H3,(H,15,16). The van der Waals surface area contributed by atoms with Gasteiger partial charge in [-0.3, -0.25) is 4.79 Å². The molecule has 1 amide bonds. The summed E-state index contributed by atoms with van der Waals surface area (Å²) < 4.78 is 0. The van der Waals surface area contributed by atoms with Gasteiger partial charge in [-0.2, -0.15) is 5.26 Å². The van der Waals surface area contributed by atoms with Crippen LogP contribution < -0.4 is 11.1 Å². The highest BCUT2D eigenvalue weighted by molar-refractivity contribution is 6.01. The van der Waals surface area contributed by atoms with Crippen LogP contribution in [0.3, 0.4) is 0 Å². The van der Waals surface area contributed by atoms with E-state index < -0.39 is 5.54 Å². The number of nitrogens with one attached hydrogen (secondary N) is 1. The number of benzene rings is 1. The smallest absolute Gasteiger partial charge is 0.244 e. The van der Waals surface area contributed by atoms with Crippen molar-refractivity contribution in [2.45, 2.75) is 25.3 Å². The van der Waals surface area contributed by atoms with Crippen molar-refractivity contribution in [1.82, 2.24) is 0 Å². The minimum absolute atomic E-state index is 0.199. The van der Waals surface area contributed by atoms with Crippen LogP contribution in [0.15, 0.2) is 18.2 Å². The van der Waals surface area contributed by atoms with Crippen molar-refractivity contribution in [2.75, 3.05) is 5.32 Å². The molecule has 1 aromatic carbocycles. The lowest BCUT2D eigenvalue weighted by Gasteiger charge is -2.12. The second kappa shape index (κ2) is 3.62. The Hall–Kier alpha value is -1.86. The molecule has 4 nitrogen and oxygen atoms in total. The van der Waals surface area contributed by atoms with Crippen molar-refractivity contribution in [2.24, 2.45) is 5.73 Å². The molecule has 16 heavy (non-hydrogen) atoms. The first-order chi connectivity index (χ1) is 7.57. The summed E-state index contributed by atoms with van der Waals surface area (Å²) in [6.07, 6.45) is 1.43. The molecule has 3 N–H and O–H groups in total. The van der Waals surface area contributed by atoms with Gasteiger partial charge < -0.3 is 11.1 Å². The van der Waals surface area contributed by atoms with Gasteiger partial charge in [-0.1, -0.05) is 12.1 Å². The zero-order valence-corrected chi connectivity index (χ0v) is 9.08. The van der Waals surface area contributed by atoms with Crippen LogP contribution in [-0.2, 0) is 4.79 Å². The van der Waals surface area contributed by atoms with Crippen LogP contribution in [-0.4, -0.2) is 11.4 Å². The number of hydrogen-bond donors (Lipinski definition) is 2. The Kier molecular flexibility index (Phi) is 2.41. The predicted octanol–water partition coefficient (Wildman–Crippen LogP) is 1.30. The largest absolute Gasteiger partial charge is 0.323 e. The summed E-state index contributed by atoms with van der Waals surface area (Å²) in [5.74, 6) is -0.199. The summed E-state index contributed by atoms with van der Waals surface area (Å²) in [6.45, 7) is 1.84. The van der Waals surface area contributed by atoms with Crippen LogP contribution in [0.1, 0.15) is 24.0 Å². The van der Waals surface area contributed by atoms with E-state index >= 15 is 0 Å². The van der Waals surface area contributed by atoms with Gasteiger partial charge in [0.15, 0.2) is 0 Å². The number of nitriles is 1. The van der Waals surface area contributed by atoms with Gasteiger partial charge in [0.25, 0.3) is 0 Å². The van der Waals surface area contributed by atoms with E-state index in [0.29, 0.717) is 24.1 Å². The zero-order chi connectivity index (χ0) is 11.8. The van der Waals surface area contributed by atoms with Gasteiger partial charge in [-0.05, 0) is 31.4 Å².